The number of carbonyl (C=O) groups excluding carboxylic acids is 2. The highest BCUT2D eigenvalue weighted by Crippen LogP contribution is 2.42. The van der Waals surface area contributed by atoms with Crippen molar-refractivity contribution in [3.05, 3.63) is 34.1 Å². The highest BCUT2D eigenvalue weighted by Gasteiger charge is 2.58. The molecule has 2 atom stereocenters. The summed E-state index contributed by atoms with van der Waals surface area (Å²) in [6, 6.07) is 3.54. The summed E-state index contributed by atoms with van der Waals surface area (Å²) in [6.45, 7) is 8.12. The first-order valence-electron chi connectivity index (χ1n) is 11.4. The van der Waals surface area contributed by atoms with Crippen LogP contribution in [0.4, 0.5) is 18.4 Å². The molecule has 0 saturated heterocycles. The van der Waals surface area contributed by atoms with Gasteiger partial charge in [-0.15, -0.1) is 0 Å². The fourth-order valence-electron chi connectivity index (χ4n) is 3.73. The summed E-state index contributed by atoms with van der Waals surface area (Å²) in [6.07, 6.45) is -3.16. The van der Waals surface area contributed by atoms with Gasteiger partial charge in [0.25, 0.3) is 0 Å². The van der Waals surface area contributed by atoms with Crippen molar-refractivity contribution in [3.8, 4) is 0 Å². The number of ether oxygens (including phenoxy) is 2. The number of hydrogen-bond donors (Lipinski definition) is 1. The van der Waals surface area contributed by atoms with Crippen molar-refractivity contribution in [2.75, 3.05) is 19.0 Å². The molecule has 0 aromatic heterocycles. The third-order valence-electron chi connectivity index (χ3n) is 5.51. The lowest BCUT2D eigenvalue weighted by atomic mass is 9.91. The molecule has 1 heterocycles. The molecule has 0 radical (unpaired) electrons. The number of aliphatic imine (C=N–C) groups is 1. The predicted octanol–water partition coefficient (Wildman–Crippen LogP) is 4.89. The smallest absolute Gasteiger partial charge is 0.425 e. The third-order valence-corrected chi connectivity index (χ3v) is 8.62. The molecule has 1 aliphatic rings. The summed E-state index contributed by atoms with van der Waals surface area (Å²) >= 11 is 3.17. The predicted molar refractivity (Wildman–Crippen MR) is 137 cm³/mol. The molecule has 0 spiro atoms. The van der Waals surface area contributed by atoms with E-state index in [9.17, 15) is 31.9 Å². The number of halogens is 3. The van der Waals surface area contributed by atoms with Gasteiger partial charge >= 0.3 is 12.2 Å². The highest BCUT2D eigenvalue weighted by molar-refractivity contribution is 9.10. The second-order valence-corrected chi connectivity index (χ2v) is 14.3. The second kappa shape index (κ2) is 10.6. The zero-order valence-corrected chi connectivity index (χ0v) is 24.3. The summed E-state index contributed by atoms with van der Waals surface area (Å²) in [5.74, 6) is -2.67. The van der Waals surface area contributed by atoms with Gasteiger partial charge in [0, 0.05) is 16.6 Å². The molecule has 2 rings (SSSR count). The number of sulfone groups is 1. The Morgan fingerprint density at radius 3 is 2.08 bits per heavy atom. The van der Waals surface area contributed by atoms with Gasteiger partial charge in [0.2, 0.25) is 0 Å². The molecule has 13 heteroatoms. The zero-order chi connectivity index (χ0) is 28.6. The number of rotatable bonds is 4. The van der Waals surface area contributed by atoms with E-state index in [1.165, 1.54) is 53.7 Å². The van der Waals surface area contributed by atoms with Crippen molar-refractivity contribution in [3.63, 3.8) is 0 Å². The lowest BCUT2D eigenvalue weighted by Crippen LogP contribution is -2.63. The summed E-state index contributed by atoms with van der Waals surface area (Å²) < 4.78 is 66.2. The van der Waals surface area contributed by atoms with E-state index in [1.807, 2.05) is 0 Å². The molecule has 1 aromatic rings. The number of aliphatic hydroxyl groups is 1. The number of benzene rings is 1. The van der Waals surface area contributed by atoms with Crippen molar-refractivity contribution >= 4 is 43.8 Å². The van der Waals surface area contributed by atoms with E-state index in [2.05, 4.69) is 20.9 Å². The summed E-state index contributed by atoms with van der Waals surface area (Å²) in [5.41, 5.74) is -5.01. The van der Waals surface area contributed by atoms with Gasteiger partial charge in [-0.1, -0.05) is 15.9 Å². The SMILES string of the molecule is CC(C)(C)OC(=O)N(C(=O)OC(C)(C)C)C1=N[C@@](CF)(c2cc(Br)ccc2F)CS(=O)(=O)[C@@]1(C)CCO. The number of amidine groups is 1. The third kappa shape index (κ3) is 6.66. The number of aliphatic hydroxyl groups excluding tert-OH is 1. The van der Waals surface area contributed by atoms with Crippen LogP contribution in [0.1, 0.15) is 60.5 Å². The summed E-state index contributed by atoms with van der Waals surface area (Å²) in [4.78, 5) is 31.3. The molecule has 0 bridgehead atoms. The minimum atomic E-state index is -4.50. The van der Waals surface area contributed by atoms with Gasteiger partial charge < -0.3 is 14.6 Å². The standard InChI is InChI=1S/C24H33BrF2N2O7S/c1-21(2,3)35-19(31)29(20(32)36-22(4,5)6)18-23(7,10-11-30)37(33,34)14-24(13-26,28-18)16-12-15(25)8-9-17(16)27/h8-9,12,30H,10-11,13-14H2,1-7H3/t23-,24+/m0/s1. The maximum atomic E-state index is 15.0. The molecule has 0 unspecified atom stereocenters. The van der Waals surface area contributed by atoms with Crippen LogP contribution in [0.5, 0.6) is 0 Å². The van der Waals surface area contributed by atoms with Crippen molar-refractivity contribution in [2.45, 2.75) is 76.4 Å². The number of imide groups is 1. The lowest BCUT2D eigenvalue weighted by molar-refractivity contribution is 0.0136. The number of alkyl halides is 1. The molecule has 1 aliphatic heterocycles. The maximum absolute atomic E-state index is 15.0. The fourth-order valence-corrected chi connectivity index (χ4v) is 6.15. The van der Waals surface area contributed by atoms with Gasteiger partial charge in [-0.05, 0) is 73.1 Å². The van der Waals surface area contributed by atoms with Crippen LogP contribution >= 0.6 is 15.9 Å². The van der Waals surface area contributed by atoms with E-state index in [-0.39, 0.29) is 0 Å². The summed E-state index contributed by atoms with van der Waals surface area (Å²) in [5, 5.41) is 9.74. The molecule has 1 aromatic carbocycles. The minimum Gasteiger partial charge on any atom is -0.443 e. The van der Waals surface area contributed by atoms with E-state index >= 15 is 0 Å². The highest BCUT2D eigenvalue weighted by atomic mass is 79.9. The van der Waals surface area contributed by atoms with E-state index in [4.69, 9.17) is 9.47 Å². The largest absolute Gasteiger partial charge is 0.443 e. The van der Waals surface area contributed by atoms with Crippen LogP contribution in [0, 0.1) is 5.82 Å². The Morgan fingerprint density at radius 2 is 1.65 bits per heavy atom. The van der Waals surface area contributed by atoms with Gasteiger partial charge in [-0.3, -0.25) is 4.99 Å². The number of nitrogens with zero attached hydrogens (tertiary/aromatic N) is 2. The van der Waals surface area contributed by atoms with E-state index in [0.29, 0.717) is 9.37 Å². The van der Waals surface area contributed by atoms with Crippen LogP contribution in [0.15, 0.2) is 27.7 Å². The van der Waals surface area contributed by atoms with Crippen LogP contribution in [-0.2, 0) is 24.8 Å². The van der Waals surface area contributed by atoms with E-state index in [0.717, 1.165) is 13.0 Å². The minimum absolute atomic E-state index is 0.295. The molecule has 2 amide bonds. The molecular weight excluding hydrogens is 578 g/mol. The van der Waals surface area contributed by atoms with Crippen LogP contribution in [-0.4, -0.2) is 71.4 Å². The monoisotopic (exact) mass is 610 g/mol. The van der Waals surface area contributed by atoms with E-state index in [1.54, 1.807) is 0 Å². The average Bonchev–Trinajstić information content (AvgIpc) is 2.70. The first kappa shape index (κ1) is 31.1. The molecular formula is C24H33BrF2N2O7S. The Labute approximate surface area is 224 Å². The molecule has 0 saturated carbocycles. The first-order valence-corrected chi connectivity index (χ1v) is 13.9. The maximum Gasteiger partial charge on any atom is 0.425 e. The van der Waals surface area contributed by atoms with Crippen molar-refractivity contribution in [2.24, 2.45) is 4.99 Å². The quantitative estimate of drug-likeness (QED) is 0.514. The Bertz CT molecular complexity index is 1170. The Balaban J connectivity index is 2.98. The number of amides is 2. The topological polar surface area (TPSA) is 123 Å². The van der Waals surface area contributed by atoms with Crippen molar-refractivity contribution in [1.29, 1.82) is 0 Å². The molecule has 208 valence electrons. The van der Waals surface area contributed by atoms with Gasteiger partial charge in [0.15, 0.2) is 9.84 Å². The van der Waals surface area contributed by atoms with Gasteiger partial charge in [0.1, 0.15) is 39.8 Å². The van der Waals surface area contributed by atoms with Gasteiger partial charge in [0.05, 0.1) is 5.75 Å². The number of carbonyl (C=O) groups is 2. The van der Waals surface area contributed by atoms with Crippen molar-refractivity contribution in [1.82, 2.24) is 4.90 Å². The molecule has 0 aliphatic carbocycles. The molecule has 0 fully saturated rings. The molecule has 9 nitrogen and oxygen atoms in total. The second-order valence-electron chi connectivity index (χ2n) is 11.0. The van der Waals surface area contributed by atoms with Crippen LogP contribution in [0.2, 0.25) is 0 Å². The van der Waals surface area contributed by atoms with E-state index < -0.39 is 86.2 Å². The van der Waals surface area contributed by atoms with Crippen LogP contribution < -0.4 is 0 Å². The van der Waals surface area contributed by atoms with Gasteiger partial charge in [-0.25, -0.2) is 26.8 Å². The fraction of sp³-hybridized carbons (Fsp3) is 0.625. The Hall–Kier alpha value is -2.12. The van der Waals surface area contributed by atoms with Crippen LogP contribution in [0.3, 0.4) is 0 Å². The Morgan fingerprint density at radius 1 is 1.14 bits per heavy atom. The van der Waals surface area contributed by atoms with Crippen molar-refractivity contribution < 1.29 is 41.4 Å². The Kier molecular flexibility index (Phi) is 8.88. The molecule has 1 N–H and O–H groups in total. The molecule has 37 heavy (non-hydrogen) atoms. The number of hydrogen-bond acceptors (Lipinski definition) is 8. The van der Waals surface area contributed by atoms with Gasteiger partial charge in [-0.2, -0.15) is 4.90 Å². The first-order chi connectivity index (χ1) is 16.7. The average molecular weight is 612 g/mol. The lowest BCUT2D eigenvalue weighted by Gasteiger charge is -2.43. The van der Waals surface area contributed by atoms with Crippen LogP contribution in [0.25, 0.3) is 0 Å². The normalized spacial score (nSPS) is 23.7. The zero-order valence-electron chi connectivity index (χ0n) is 21.9. The summed E-state index contributed by atoms with van der Waals surface area (Å²) in [7, 11) is -4.50.